The Kier molecular flexibility index (Phi) is 6.60. The first-order valence-electron chi connectivity index (χ1n) is 7.04. The van der Waals surface area contributed by atoms with Gasteiger partial charge < -0.3 is 10.1 Å². The summed E-state index contributed by atoms with van der Waals surface area (Å²) in [5.41, 5.74) is 0.643. The molecule has 2 aromatic rings. The number of rotatable bonds is 7. The van der Waals surface area contributed by atoms with E-state index in [1.54, 1.807) is 0 Å². The highest BCUT2D eigenvalue weighted by Gasteiger charge is 2.14. The Bertz CT molecular complexity index is 804. The van der Waals surface area contributed by atoms with E-state index in [4.69, 9.17) is 16.3 Å². The van der Waals surface area contributed by atoms with Gasteiger partial charge in [0.25, 0.3) is 5.69 Å². The molecule has 2 aromatic carbocycles. The summed E-state index contributed by atoms with van der Waals surface area (Å²) in [6.07, 6.45) is 0. The summed E-state index contributed by atoms with van der Waals surface area (Å²) in [5.74, 6) is 0.305. The number of anilines is 1. The second-order valence-corrected chi connectivity index (χ2v) is 6.31. The van der Waals surface area contributed by atoms with Gasteiger partial charge in [0.15, 0.2) is 0 Å². The average Bonchev–Trinajstić information content (AvgIpc) is 2.56. The third kappa shape index (κ3) is 5.33. The maximum Gasteiger partial charge on any atom is 0.289 e. The Hall–Kier alpha value is -2.32. The smallest absolute Gasteiger partial charge is 0.289 e. The van der Waals surface area contributed by atoms with Crippen LogP contribution in [-0.4, -0.2) is 23.7 Å². The van der Waals surface area contributed by atoms with Crippen LogP contribution < -0.4 is 10.1 Å². The highest BCUT2D eigenvalue weighted by molar-refractivity contribution is 7.99. The molecule has 0 saturated carbocycles. The second kappa shape index (κ2) is 8.68. The third-order valence-electron chi connectivity index (χ3n) is 3.16. The Balaban J connectivity index is 1.92. The van der Waals surface area contributed by atoms with Gasteiger partial charge in [-0.2, -0.15) is 0 Å². The molecule has 2 rings (SSSR count). The molecule has 0 aromatic heterocycles. The van der Waals surface area contributed by atoms with Crippen molar-refractivity contribution < 1.29 is 18.8 Å². The van der Waals surface area contributed by atoms with E-state index in [0.29, 0.717) is 17.1 Å². The van der Waals surface area contributed by atoms with Gasteiger partial charge in [-0.05, 0) is 30.3 Å². The highest BCUT2D eigenvalue weighted by atomic mass is 35.5. The van der Waals surface area contributed by atoms with Crippen molar-refractivity contribution in [2.75, 3.05) is 18.2 Å². The van der Waals surface area contributed by atoms with Crippen LogP contribution in [0.5, 0.6) is 5.75 Å². The Morgan fingerprint density at radius 1 is 1.36 bits per heavy atom. The number of nitro benzene ring substituents is 1. The van der Waals surface area contributed by atoms with Gasteiger partial charge in [0.1, 0.15) is 16.6 Å². The second-order valence-electron chi connectivity index (χ2n) is 4.92. The van der Waals surface area contributed by atoms with Crippen LogP contribution in [0, 0.1) is 15.9 Å². The summed E-state index contributed by atoms with van der Waals surface area (Å²) < 4.78 is 18.4. The molecule has 6 nitrogen and oxygen atoms in total. The lowest BCUT2D eigenvalue weighted by atomic mass is 10.2. The van der Waals surface area contributed by atoms with E-state index >= 15 is 0 Å². The van der Waals surface area contributed by atoms with E-state index in [0.717, 1.165) is 0 Å². The van der Waals surface area contributed by atoms with E-state index < -0.39 is 4.92 Å². The standard InChI is InChI=1S/C16H14ClFN2O4S/c1-24-15-5-2-11(18)6-10(15)8-25-9-16(21)19-12-3-4-13(17)14(7-12)20(22)23/h2-7H,8-9H2,1H3,(H,19,21). The normalized spacial score (nSPS) is 10.4. The lowest BCUT2D eigenvalue weighted by molar-refractivity contribution is -0.384. The summed E-state index contributed by atoms with van der Waals surface area (Å²) >= 11 is 6.99. The number of thioether (sulfide) groups is 1. The molecule has 25 heavy (non-hydrogen) atoms. The maximum atomic E-state index is 13.3. The zero-order chi connectivity index (χ0) is 18.4. The number of nitrogens with one attached hydrogen (secondary N) is 1. The first kappa shape index (κ1) is 19.0. The molecule has 132 valence electrons. The van der Waals surface area contributed by atoms with Crippen LogP contribution in [0.4, 0.5) is 15.8 Å². The zero-order valence-electron chi connectivity index (χ0n) is 13.1. The number of nitrogens with zero attached hydrogens (tertiary/aromatic N) is 1. The summed E-state index contributed by atoms with van der Waals surface area (Å²) in [7, 11) is 1.49. The van der Waals surface area contributed by atoms with Crippen molar-refractivity contribution in [3.63, 3.8) is 0 Å². The monoisotopic (exact) mass is 384 g/mol. The molecule has 1 amide bonds. The molecule has 0 saturated heterocycles. The predicted molar refractivity (Wildman–Crippen MR) is 95.9 cm³/mol. The van der Waals surface area contributed by atoms with Crippen LogP contribution in [-0.2, 0) is 10.5 Å². The van der Waals surface area contributed by atoms with Crippen molar-refractivity contribution in [3.05, 3.63) is 62.9 Å². The quantitative estimate of drug-likeness (QED) is 0.569. The Labute approximate surface area is 152 Å². The average molecular weight is 385 g/mol. The van der Waals surface area contributed by atoms with E-state index in [1.165, 1.54) is 55.3 Å². The number of carbonyl (C=O) groups is 1. The van der Waals surface area contributed by atoms with Crippen molar-refractivity contribution in [3.8, 4) is 5.75 Å². The molecule has 0 aliphatic carbocycles. The lowest BCUT2D eigenvalue weighted by Gasteiger charge is -2.09. The minimum Gasteiger partial charge on any atom is -0.496 e. The van der Waals surface area contributed by atoms with Gasteiger partial charge in [0.2, 0.25) is 5.91 Å². The fourth-order valence-electron chi connectivity index (χ4n) is 2.04. The Morgan fingerprint density at radius 3 is 2.80 bits per heavy atom. The van der Waals surface area contributed by atoms with E-state index in [-0.39, 0.29) is 33.9 Å². The molecule has 0 unspecified atom stereocenters. The molecule has 0 radical (unpaired) electrons. The van der Waals surface area contributed by atoms with E-state index in [2.05, 4.69) is 5.32 Å². The molecule has 0 bridgehead atoms. The topological polar surface area (TPSA) is 81.5 Å². The number of amides is 1. The molecule has 1 N–H and O–H groups in total. The molecule has 0 fully saturated rings. The van der Waals surface area contributed by atoms with Crippen molar-refractivity contribution in [2.45, 2.75) is 5.75 Å². The fourth-order valence-corrected chi connectivity index (χ4v) is 3.03. The first-order chi connectivity index (χ1) is 11.9. The number of carbonyl (C=O) groups excluding carboxylic acids is 1. The van der Waals surface area contributed by atoms with Crippen LogP contribution in [0.1, 0.15) is 5.56 Å². The van der Waals surface area contributed by atoms with Gasteiger partial charge in [-0.1, -0.05) is 11.6 Å². The Morgan fingerprint density at radius 2 is 2.12 bits per heavy atom. The molecule has 9 heteroatoms. The van der Waals surface area contributed by atoms with Gasteiger partial charge in [-0.25, -0.2) is 4.39 Å². The third-order valence-corrected chi connectivity index (χ3v) is 4.46. The number of hydrogen-bond acceptors (Lipinski definition) is 5. The van der Waals surface area contributed by atoms with Gasteiger partial charge in [-0.3, -0.25) is 14.9 Å². The van der Waals surface area contributed by atoms with Crippen LogP contribution >= 0.6 is 23.4 Å². The minimum absolute atomic E-state index is 0.00410. The first-order valence-corrected chi connectivity index (χ1v) is 8.58. The number of nitro groups is 1. The molecule has 0 atom stereocenters. The summed E-state index contributed by atoms with van der Waals surface area (Å²) in [6, 6.07) is 8.20. The number of halogens is 2. The van der Waals surface area contributed by atoms with Crippen molar-refractivity contribution in [2.24, 2.45) is 0 Å². The van der Waals surface area contributed by atoms with Crippen LogP contribution in [0.3, 0.4) is 0 Å². The summed E-state index contributed by atoms with van der Waals surface area (Å²) in [5, 5.41) is 13.4. The van der Waals surface area contributed by atoms with Gasteiger partial charge in [-0.15, -0.1) is 11.8 Å². The van der Waals surface area contributed by atoms with Gasteiger partial charge in [0.05, 0.1) is 17.8 Å². The molecule has 0 aliphatic rings. The summed E-state index contributed by atoms with van der Waals surface area (Å²) in [4.78, 5) is 22.2. The van der Waals surface area contributed by atoms with E-state index in [1.807, 2.05) is 0 Å². The van der Waals surface area contributed by atoms with Crippen molar-refractivity contribution in [1.29, 1.82) is 0 Å². The van der Waals surface area contributed by atoms with Crippen LogP contribution in [0.2, 0.25) is 5.02 Å². The molecule has 0 spiro atoms. The number of methoxy groups -OCH3 is 1. The molecule has 0 aliphatic heterocycles. The molecular weight excluding hydrogens is 371 g/mol. The largest absolute Gasteiger partial charge is 0.496 e. The minimum atomic E-state index is -0.622. The number of ether oxygens (including phenoxy) is 1. The van der Waals surface area contributed by atoms with Crippen LogP contribution in [0.15, 0.2) is 36.4 Å². The molecular formula is C16H14ClFN2O4S. The summed E-state index contributed by atoms with van der Waals surface area (Å²) in [6.45, 7) is 0. The van der Waals surface area contributed by atoms with Gasteiger partial charge >= 0.3 is 0 Å². The zero-order valence-corrected chi connectivity index (χ0v) is 14.7. The van der Waals surface area contributed by atoms with Crippen molar-refractivity contribution in [1.82, 2.24) is 0 Å². The van der Waals surface area contributed by atoms with Crippen molar-refractivity contribution >= 4 is 40.6 Å². The fraction of sp³-hybridized carbons (Fsp3) is 0.188. The van der Waals surface area contributed by atoms with Gasteiger partial charge in [0, 0.05) is 23.1 Å². The predicted octanol–water partition coefficient (Wildman–Crippen LogP) is 4.27. The van der Waals surface area contributed by atoms with E-state index in [9.17, 15) is 19.3 Å². The number of benzene rings is 2. The van der Waals surface area contributed by atoms with Crippen LogP contribution in [0.25, 0.3) is 0 Å². The highest BCUT2D eigenvalue weighted by Crippen LogP contribution is 2.28. The lowest BCUT2D eigenvalue weighted by Crippen LogP contribution is -2.14. The number of hydrogen-bond donors (Lipinski definition) is 1. The molecule has 0 heterocycles. The SMILES string of the molecule is COc1ccc(F)cc1CSCC(=O)Nc1ccc(Cl)c([N+](=O)[O-])c1. The maximum absolute atomic E-state index is 13.3.